The molecule has 1 aromatic rings. The fourth-order valence-corrected chi connectivity index (χ4v) is 2.84. The zero-order chi connectivity index (χ0) is 12.9. The second kappa shape index (κ2) is 5.77. The third-order valence-electron chi connectivity index (χ3n) is 2.59. The SMILES string of the molecule is C=CCCC(=O)C(C)S(=O)(=O)c1ccccc1. The average molecular weight is 252 g/mol. The lowest BCUT2D eigenvalue weighted by Gasteiger charge is -2.11. The van der Waals surface area contributed by atoms with Gasteiger partial charge in [-0.05, 0) is 25.5 Å². The number of benzene rings is 1. The molecule has 17 heavy (non-hydrogen) atoms. The lowest BCUT2D eigenvalue weighted by Crippen LogP contribution is -2.27. The summed E-state index contributed by atoms with van der Waals surface area (Å²) in [6, 6.07) is 8.05. The molecule has 0 saturated heterocycles. The van der Waals surface area contributed by atoms with Crippen molar-refractivity contribution in [1.82, 2.24) is 0 Å². The summed E-state index contributed by atoms with van der Waals surface area (Å²) >= 11 is 0. The number of carbonyl (C=O) groups is 1. The van der Waals surface area contributed by atoms with Crippen molar-refractivity contribution in [3.63, 3.8) is 0 Å². The third kappa shape index (κ3) is 3.27. The van der Waals surface area contributed by atoms with Crippen LogP contribution in [0.3, 0.4) is 0 Å². The largest absolute Gasteiger partial charge is 0.298 e. The van der Waals surface area contributed by atoms with Crippen molar-refractivity contribution in [3.8, 4) is 0 Å². The van der Waals surface area contributed by atoms with Crippen LogP contribution in [0.15, 0.2) is 47.9 Å². The van der Waals surface area contributed by atoms with E-state index in [0.29, 0.717) is 6.42 Å². The van der Waals surface area contributed by atoms with E-state index in [2.05, 4.69) is 6.58 Å². The van der Waals surface area contributed by atoms with Crippen molar-refractivity contribution in [2.75, 3.05) is 0 Å². The molecule has 0 N–H and O–H groups in total. The van der Waals surface area contributed by atoms with Crippen molar-refractivity contribution in [2.24, 2.45) is 0 Å². The molecule has 1 aromatic carbocycles. The summed E-state index contributed by atoms with van der Waals surface area (Å²) in [6.07, 6.45) is 2.34. The van der Waals surface area contributed by atoms with Gasteiger partial charge >= 0.3 is 0 Å². The topological polar surface area (TPSA) is 51.2 Å². The predicted octanol–water partition coefficient (Wildman–Crippen LogP) is 2.38. The number of carbonyl (C=O) groups excluding carboxylic acids is 1. The Morgan fingerprint density at radius 2 is 1.94 bits per heavy atom. The van der Waals surface area contributed by atoms with Gasteiger partial charge in [-0.25, -0.2) is 8.42 Å². The van der Waals surface area contributed by atoms with Gasteiger partial charge in [0.25, 0.3) is 0 Å². The van der Waals surface area contributed by atoms with E-state index in [1.807, 2.05) is 0 Å². The Labute approximate surface area is 102 Å². The van der Waals surface area contributed by atoms with Gasteiger partial charge in [0.1, 0.15) is 5.25 Å². The summed E-state index contributed by atoms with van der Waals surface area (Å²) in [6.45, 7) is 4.95. The zero-order valence-electron chi connectivity index (χ0n) is 9.80. The minimum absolute atomic E-state index is 0.194. The highest BCUT2D eigenvalue weighted by atomic mass is 32.2. The first-order valence-corrected chi connectivity index (χ1v) is 6.97. The van der Waals surface area contributed by atoms with Crippen LogP contribution in [0.4, 0.5) is 0 Å². The maximum atomic E-state index is 12.1. The minimum Gasteiger partial charge on any atom is -0.298 e. The molecule has 0 heterocycles. The van der Waals surface area contributed by atoms with E-state index < -0.39 is 15.1 Å². The number of hydrogen-bond acceptors (Lipinski definition) is 3. The smallest absolute Gasteiger partial charge is 0.188 e. The fraction of sp³-hybridized carbons (Fsp3) is 0.308. The second-order valence-electron chi connectivity index (χ2n) is 3.79. The van der Waals surface area contributed by atoms with Gasteiger partial charge in [0, 0.05) is 6.42 Å². The number of hydrogen-bond donors (Lipinski definition) is 0. The first-order valence-electron chi connectivity index (χ1n) is 5.42. The van der Waals surface area contributed by atoms with Gasteiger partial charge in [-0.1, -0.05) is 24.3 Å². The Morgan fingerprint density at radius 1 is 1.35 bits per heavy atom. The predicted molar refractivity (Wildman–Crippen MR) is 67.5 cm³/mol. The number of Topliss-reactive ketones (excluding diaryl/α,β-unsaturated/α-hetero) is 1. The summed E-state index contributed by atoms with van der Waals surface area (Å²) in [4.78, 5) is 11.9. The second-order valence-corrected chi connectivity index (χ2v) is 6.06. The first kappa shape index (κ1) is 13.6. The van der Waals surface area contributed by atoms with E-state index in [-0.39, 0.29) is 17.1 Å². The van der Waals surface area contributed by atoms with Gasteiger partial charge in [-0.3, -0.25) is 4.79 Å². The van der Waals surface area contributed by atoms with E-state index in [4.69, 9.17) is 0 Å². The highest BCUT2D eigenvalue weighted by molar-refractivity contribution is 7.92. The van der Waals surface area contributed by atoms with E-state index >= 15 is 0 Å². The van der Waals surface area contributed by atoms with E-state index in [9.17, 15) is 13.2 Å². The molecule has 0 aliphatic carbocycles. The summed E-state index contributed by atoms with van der Waals surface area (Å²) in [5, 5.41) is -0.996. The molecule has 0 aromatic heterocycles. The van der Waals surface area contributed by atoms with Crippen molar-refractivity contribution in [2.45, 2.75) is 29.9 Å². The molecule has 1 unspecified atom stereocenters. The van der Waals surface area contributed by atoms with E-state index in [1.165, 1.54) is 19.1 Å². The van der Waals surface area contributed by atoms with Crippen LogP contribution in [0.25, 0.3) is 0 Å². The molecule has 92 valence electrons. The number of rotatable bonds is 6. The van der Waals surface area contributed by atoms with Gasteiger partial charge in [-0.15, -0.1) is 6.58 Å². The average Bonchev–Trinajstić information content (AvgIpc) is 2.36. The molecule has 0 bridgehead atoms. The Morgan fingerprint density at radius 3 is 2.47 bits per heavy atom. The lowest BCUT2D eigenvalue weighted by molar-refractivity contribution is -0.118. The Balaban J connectivity index is 2.92. The molecule has 0 aliphatic heterocycles. The molecule has 0 radical (unpaired) electrons. The van der Waals surface area contributed by atoms with Crippen LogP contribution in [-0.4, -0.2) is 19.5 Å². The molecule has 3 nitrogen and oxygen atoms in total. The van der Waals surface area contributed by atoms with Gasteiger partial charge in [0.2, 0.25) is 0 Å². The van der Waals surface area contributed by atoms with Gasteiger partial charge in [0.15, 0.2) is 15.6 Å². The molecule has 0 amide bonds. The highest BCUT2D eigenvalue weighted by Gasteiger charge is 2.28. The molecule has 1 rings (SSSR count). The Kier molecular flexibility index (Phi) is 4.63. The molecule has 0 spiro atoms. The summed E-state index contributed by atoms with van der Waals surface area (Å²) in [7, 11) is -3.55. The van der Waals surface area contributed by atoms with Crippen molar-refractivity contribution in [3.05, 3.63) is 43.0 Å². The number of allylic oxidation sites excluding steroid dienone is 1. The monoisotopic (exact) mass is 252 g/mol. The quantitative estimate of drug-likeness (QED) is 0.730. The van der Waals surface area contributed by atoms with Crippen molar-refractivity contribution < 1.29 is 13.2 Å². The van der Waals surface area contributed by atoms with Crippen molar-refractivity contribution in [1.29, 1.82) is 0 Å². The summed E-state index contributed by atoms with van der Waals surface area (Å²) < 4.78 is 24.2. The number of ketones is 1. The minimum atomic E-state index is -3.55. The summed E-state index contributed by atoms with van der Waals surface area (Å²) in [5.74, 6) is -0.270. The van der Waals surface area contributed by atoms with E-state index in [0.717, 1.165) is 0 Å². The van der Waals surface area contributed by atoms with Crippen LogP contribution >= 0.6 is 0 Å². The fourth-order valence-electron chi connectivity index (χ4n) is 1.43. The van der Waals surface area contributed by atoms with Crippen LogP contribution < -0.4 is 0 Å². The van der Waals surface area contributed by atoms with Crippen LogP contribution in [0.2, 0.25) is 0 Å². The van der Waals surface area contributed by atoms with Crippen LogP contribution in [0.5, 0.6) is 0 Å². The van der Waals surface area contributed by atoms with Crippen LogP contribution in [0.1, 0.15) is 19.8 Å². The standard InChI is InChI=1S/C13H16O3S/c1-3-4-10-13(14)11(2)17(15,16)12-8-6-5-7-9-12/h3,5-9,11H,1,4,10H2,2H3. The molecular formula is C13H16O3S. The number of sulfone groups is 1. The zero-order valence-corrected chi connectivity index (χ0v) is 10.6. The summed E-state index contributed by atoms with van der Waals surface area (Å²) in [5.41, 5.74) is 0. The van der Waals surface area contributed by atoms with Gasteiger partial charge in [0.05, 0.1) is 4.90 Å². The molecule has 0 fully saturated rings. The molecule has 4 heteroatoms. The van der Waals surface area contributed by atoms with Crippen LogP contribution in [-0.2, 0) is 14.6 Å². The molecule has 1 atom stereocenters. The third-order valence-corrected chi connectivity index (χ3v) is 4.71. The van der Waals surface area contributed by atoms with Crippen LogP contribution in [0, 0.1) is 0 Å². The van der Waals surface area contributed by atoms with Gasteiger partial charge < -0.3 is 0 Å². The van der Waals surface area contributed by atoms with Crippen molar-refractivity contribution >= 4 is 15.6 Å². The normalized spacial score (nSPS) is 13.0. The Bertz CT molecular complexity index is 489. The molecule has 0 aliphatic rings. The first-order chi connectivity index (χ1) is 8.00. The molecular weight excluding hydrogens is 236 g/mol. The maximum absolute atomic E-state index is 12.1. The molecule has 0 saturated carbocycles. The van der Waals surface area contributed by atoms with Gasteiger partial charge in [-0.2, -0.15) is 0 Å². The Hall–Kier alpha value is -1.42. The van der Waals surface area contributed by atoms with E-state index in [1.54, 1.807) is 24.3 Å². The lowest BCUT2D eigenvalue weighted by atomic mass is 10.2. The maximum Gasteiger partial charge on any atom is 0.188 e. The highest BCUT2D eigenvalue weighted by Crippen LogP contribution is 2.17.